The summed E-state index contributed by atoms with van der Waals surface area (Å²) in [5.74, 6) is -0.269. The topological polar surface area (TPSA) is 92.1 Å². The number of hydrogen-bond acceptors (Lipinski definition) is 3. The fraction of sp³-hybridized carbons (Fsp3) is 0.545. The molecular weight excluding hydrogens is 220 g/mol. The zero-order valence-corrected chi connectivity index (χ0v) is 9.56. The van der Waals surface area contributed by atoms with Crippen molar-refractivity contribution in [1.82, 2.24) is 15.1 Å². The Balaban J connectivity index is 1.84. The van der Waals surface area contributed by atoms with Gasteiger partial charge in [-0.2, -0.15) is 5.10 Å². The summed E-state index contributed by atoms with van der Waals surface area (Å²) in [7, 11) is 0. The molecule has 0 spiro atoms. The van der Waals surface area contributed by atoms with Gasteiger partial charge in [0.25, 0.3) is 0 Å². The average molecular weight is 236 g/mol. The maximum atomic E-state index is 11.9. The van der Waals surface area contributed by atoms with Crippen molar-refractivity contribution in [2.75, 3.05) is 13.1 Å². The van der Waals surface area contributed by atoms with Crippen LogP contribution in [-0.2, 0) is 16.0 Å². The van der Waals surface area contributed by atoms with E-state index in [4.69, 9.17) is 5.73 Å². The van der Waals surface area contributed by atoms with E-state index < -0.39 is 0 Å². The van der Waals surface area contributed by atoms with Gasteiger partial charge in [0.15, 0.2) is 0 Å². The van der Waals surface area contributed by atoms with Gasteiger partial charge in [0, 0.05) is 30.9 Å². The Morgan fingerprint density at radius 2 is 2.18 bits per heavy atom. The van der Waals surface area contributed by atoms with E-state index in [0.29, 0.717) is 32.4 Å². The van der Waals surface area contributed by atoms with Gasteiger partial charge in [0.1, 0.15) is 0 Å². The number of amides is 2. The number of primary amides is 1. The van der Waals surface area contributed by atoms with Crippen molar-refractivity contribution in [1.29, 1.82) is 0 Å². The third-order valence-electron chi connectivity index (χ3n) is 3.15. The molecular formula is C11H16N4O2. The Morgan fingerprint density at radius 3 is 2.71 bits per heavy atom. The number of carbonyl (C=O) groups is 2. The number of nitrogens with zero attached hydrogens (tertiary/aromatic N) is 2. The quantitative estimate of drug-likeness (QED) is 0.753. The summed E-state index contributed by atoms with van der Waals surface area (Å²) in [5.41, 5.74) is 6.05. The molecule has 1 aliphatic heterocycles. The summed E-state index contributed by atoms with van der Waals surface area (Å²) < 4.78 is 0. The second-order valence-electron chi connectivity index (χ2n) is 4.32. The Labute approximate surface area is 99.2 Å². The molecule has 0 bridgehead atoms. The van der Waals surface area contributed by atoms with Crippen LogP contribution in [0.25, 0.3) is 0 Å². The highest BCUT2D eigenvalue weighted by Crippen LogP contribution is 2.17. The first-order valence-electron chi connectivity index (χ1n) is 5.72. The van der Waals surface area contributed by atoms with Crippen LogP contribution in [0.1, 0.15) is 18.5 Å². The van der Waals surface area contributed by atoms with Crippen molar-refractivity contribution >= 4 is 11.8 Å². The fourth-order valence-corrected chi connectivity index (χ4v) is 2.07. The Morgan fingerprint density at radius 1 is 1.47 bits per heavy atom. The SMILES string of the molecule is NC(=O)C1CCN(C(=O)Cc2ccn[nH]2)CC1. The molecule has 1 aromatic rings. The number of aromatic amines is 1. The maximum absolute atomic E-state index is 11.9. The molecule has 1 fully saturated rings. The number of rotatable bonds is 3. The average Bonchev–Trinajstić information content (AvgIpc) is 2.82. The van der Waals surface area contributed by atoms with Gasteiger partial charge in [-0.05, 0) is 18.9 Å². The molecule has 2 rings (SSSR count). The minimum absolute atomic E-state index is 0.0668. The van der Waals surface area contributed by atoms with E-state index in [1.807, 2.05) is 0 Å². The van der Waals surface area contributed by atoms with Gasteiger partial charge in [-0.15, -0.1) is 0 Å². The second-order valence-corrected chi connectivity index (χ2v) is 4.32. The van der Waals surface area contributed by atoms with Crippen LogP contribution in [0.5, 0.6) is 0 Å². The van der Waals surface area contributed by atoms with E-state index >= 15 is 0 Å². The van der Waals surface area contributed by atoms with Crippen LogP contribution >= 0.6 is 0 Å². The smallest absolute Gasteiger partial charge is 0.228 e. The Hall–Kier alpha value is -1.85. The summed E-state index contributed by atoms with van der Waals surface area (Å²) in [5, 5.41) is 6.56. The molecule has 6 heteroatoms. The Kier molecular flexibility index (Phi) is 3.41. The largest absolute Gasteiger partial charge is 0.369 e. The predicted molar refractivity (Wildman–Crippen MR) is 60.8 cm³/mol. The molecule has 1 aromatic heterocycles. The third kappa shape index (κ3) is 2.83. The number of nitrogens with one attached hydrogen (secondary N) is 1. The van der Waals surface area contributed by atoms with Gasteiger partial charge < -0.3 is 10.6 Å². The zero-order chi connectivity index (χ0) is 12.3. The van der Waals surface area contributed by atoms with E-state index in [2.05, 4.69) is 10.2 Å². The van der Waals surface area contributed by atoms with E-state index in [1.54, 1.807) is 17.2 Å². The maximum Gasteiger partial charge on any atom is 0.228 e. The number of likely N-dealkylation sites (tertiary alicyclic amines) is 1. The van der Waals surface area contributed by atoms with Crippen LogP contribution in [0, 0.1) is 5.92 Å². The third-order valence-corrected chi connectivity index (χ3v) is 3.15. The van der Waals surface area contributed by atoms with Crippen molar-refractivity contribution in [3.05, 3.63) is 18.0 Å². The van der Waals surface area contributed by atoms with Gasteiger partial charge in [0.05, 0.1) is 6.42 Å². The van der Waals surface area contributed by atoms with Crippen molar-refractivity contribution in [2.45, 2.75) is 19.3 Å². The minimum atomic E-state index is -0.259. The summed E-state index contributed by atoms with van der Waals surface area (Å²) >= 11 is 0. The molecule has 0 radical (unpaired) electrons. The van der Waals surface area contributed by atoms with Crippen LogP contribution in [-0.4, -0.2) is 40.0 Å². The van der Waals surface area contributed by atoms with Crippen LogP contribution in [0.2, 0.25) is 0 Å². The lowest BCUT2D eigenvalue weighted by Gasteiger charge is -2.30. The normalized spacial score (nSPS) is 17.1. The lowest BCUT2D eigenvalue weighted by molar-refractivity contribution is -0.134. The standard InChI is InChI=1S/C11H16N4O2/c12-11(17)8-2-5-15(6-3-8)10(16)7-9-1-4-13-14-9/h1,4,8H,2-3,5-7H2,(H2,12,17)(H,13,14). The highest BCUT2D eigenvalue weighted by Gasteiger charge is 2.25. The minimum Gasteiger partial charge on any atom is -0.369 e. The zero-order valence-electron chi connectivity index (χ0n) is 9.56. The van der Waals surface area contributed by atoms with Crippen molar-refractivity contribution < 1.29 is 9.59 Å². The van der Waals surface area contributed by atoms with E-state index in [1.165, 1.54) is 0 Å². The molecule has 1 saturated heterocycles. The molecule has 2 amide bonds. The highest BCUT2D eigenvalue weighted by atomic mass is 16.2. The molecule has 17 heavy (non-hydrogen) atoms. The Bertz CT molecular complexity index is 394. The van der Waals surface area contributed by atoms with Crippen molar-refractivity contribution in [3.8, 4) is 0 Å². The van der Waals surface area contributed by atoms with Crippen LogP contribution < -0.4 is 5.73 Å². The van der Waals surface area contributed by atoms with Gasteiger partial charge in [-0.1, -0.05) is 0 Å². The number of carbonyl (C=O) groups excluding carboxylic acids is 2. The number of hydrogen-bond donors (Lipinski definition) is 2. The predicted octanol–water partition coefficient (Wildman–Crippen LogP) is -0.324. The molecule has 0 aromatic carbocycles. The van der Waals surface area contributed by atoms with Crippen molar-refractivity contribution in [2.24, 2.45) is 11.7 Å². The van der Waals surface area contributed by atoms with E-state index in [9.17, 15) is 9.59 Å². The molecule has 0 unspecified atom stereocenters. The first-order valence-corrected chi connectivity index (χ1v) is 5.72. The number of aromatic nitrogens is 2. The molecule has 2 heterocycles. The first-order chi connectivity index (χ1) is 8.16. The lowest BCUT2D eigenvalue weighted by atomic mass is 9.96. The summed E-state index contributed by atoms with van der Waals surface area (Å²) in [6, 6.07) is 1.79. The first kappa shape index (κ1) is 11.6. The number of nitrogens with two attached hydrogens (primary N) is 1. The van der Waals surface area contributed by atoms with Crippen LogP contribution in [0.4, 0.5) is 0 Å². The molecule has 1 aliphatic rings. The summed E-state index contributed by atoms with van der Waals surface area (Å²) in [6.07, 6.45) is 3.30. The van der Waals surface area contributed by atoms with E-state index in [0.717, 1.165) is 5.69 Å². The van der Waals surface area contributed by atoms with Crippen molar-refractivity contribution in [3.63, 3.8) is 0 Å². The molecule has 0 aliphatic carbocycles. The number of piperidine rings is 1. The van der Waals surface area contributed by atoms with E-state index in [-0.39, 0.29) is 17.7 Å². The summed E-state index contributed by atoms with van der Waals surface area (Å²) in [4.78, 5) is 24.7. The molecule has 6 nitrogen and oxygen atoms in total. The summed E-state index contributed by atoms with van der Waals surface area (Å²) in [6.45, 7) is 1.22. The lowest BCUT2D eigenvalue weighted by Crippen LogP contribution is -2.42. The fourth-order valence-electron chi connectivity index (χ4n) is 2.07. The molecule has 0 atom stereocenters. The van der Waals surface area contributed by atoms with Gasteiger partial charge in [-0.25, -0.2) is 0 Å². The second kappa shape index (κ2) is 4.99. The van der Waals surface area contributed by atoms with Gasteiger partial charge in [0.2, 0.25) is 11.8 Å². The van der Waals surface area contributed by atoms with Crippen LogP contribution in [0.3, 0.4) is 0 Å². The number of H-pyrrole nitrogens is 1. The monoisotopic (exact) mass is 236 g/mol. The molecule has 0 saturated carbocycles. The van der Waals surface area contributed by atoms with Gasteiger partial charge in [-0.3, -0.25) is 14.7 Å². The van der Waals surface area contributed by atoms with Crippen LogP contribution in [0.15, 0.2) is 12.3 Å². The molecule has 3 N–H and O–H groups in total. The molecule has 92 valence electrons. The van der Waals surface area contributed by atoms with Gasteiger partial charge >= 0.3 is 0 Å². The highest BCUT2D eigenvalue weighted by molar-refractivity contribution is 5.80.